The van der Waals surface area contributed by atoms with Crippen molar-refractivity contribution in [2.45, 2.75) is 214 Å². The molecule has 8 aliphatic carbocycles. The maximum Gasteiger partial charge on any atom is 0.305 e. The summed E-state index contributed by atoms with van der Waals surface area (Å²) in [5.74, 6) is 4.71. The highest BCUT2D eigenvalue weighted by atomic mass is 16.6. The average molecular weight is 905 g/mol. The number of hydrogen-bond acceptors (Lipinski definition) is 8. The summed E-state index contributed by atoms with van der Waals surface area (Å²) in [7, 11) is 0. The lowest BCUT2D eigenvalue weighted by Crippen LogP contribution is -2.59. The molecule has 0 aromatic heterocycles. The van der Waals surface area contributed by atoms with E-state index >= 15 is 0 Å². The summed E-state index contributed by atoms with van der Waals surface area (Å²) < 4.78 is 11.2. The normalized spacial score (nSPS) is 51.3. The quantitative estimate of drug-likeness (QED) is 0.176. The predicted molar refractivity (Wildman–Crippen MR) is 250 cm³/mol. The van der Waals surface area contributed by atoms with Gasteiger partial charge >= 0.3 is 11.9 Å². The van der Waals surface area contributed by atoms with Crippen molar-refractivity contribution in [2.75, 3.05) is 13.2 Å². The molecular formula is C55H88N2O8. The summed E-state index contributed by atoms with van der Waals surface area (Å²) in [5.41, 5.74) is 0.609. The van der Waals surface area contributed by atoms with Crippen molar-refractivity contribution < 1.29 is 38.9 Å². The van der Waals surface area contributed by atoms with E-state index in [-0.39, 0.29) is 82.9 Å². The average Bonchev–Trinajstić information content (AvgIpc) is 3.81. The second-order valence-electron chi connectivity index (χ2n) is 25.5. The zero-order chi connectivity index (χ0) is 46.1. The molecule has 12 aliphatic rings. The van der Waals surface area contributed by atoms with Gasteiger partial charge in [0, 0.05) is 37.8 Å². The Bertz CT molecular complexity index is 1650. The SMILES string of the molecule is C[C@@H]1CCC(=O)OCCOC(=O)CC[C@@H](C)[C@H]2CC[C@H]3[C@@H]4[C@@H](O)CC5C[C@@H](CC[C@]5(C)[C@H]4CC[C@]23C)NC(=O)CCCC(=O)N[C@@H]2CC[C@@]3(C)C(C2)C[C@H](O)[C@H]2[C@@H]4CC[C@H]1[C@@]4(C)CC[C@@H]23. The maximum absolute atomic E-state index is 13.4. The zero-order valence-corrected chi connectivity index (χ0v) is 41.3. The van der Waals surface area contributed by atoms with E-state index in [0.29, 0.717) is 103 Å². The minimum atomic E-state index is -0.329. The number of fused-ring (bicyclic) bond motifs is 2. The number of hydrogen-bond donors (Lipinski definition) is 4. The van der Waals surface area contributed by atoms with Gasteiger partial charge in [0.05, 0.1) is 12.2 Å². The van der Waals surface area contributed by atoms with Gasteiger partial charge in [-0.05, 0) is 215 Å². The second kappa shape index (κ2) is 18.6. The van der Waals surface area contributed by atoms with Gasteiger partial charge in [-0.25, -0.2) is 0 Å². The third-order valence-corrected chi connectivity index (χ3v) is 22.6. The molecule has 4 heterocycles. The number of ether oxygens (including phenoxy) is 2. The van der Waals surface area contributed by atoms with Crippen molar-refractivity contribution in [2.24, 2.45) is 92.7 Å². The molecule has 12 fully saturated rings. The van der Waals surface area contributed by atoms with Crippen LogP contribution in [0.4, 0.5) is 0 Å². The number of aliphatic hydroxyl groups is 2. The molecule has 12 rings (SSSR count). The summed E-state index contributed by atoms with van der Waals surface area (Å²) in [6.45, 7) is 14.8. The van der Waals surface area contributed by atoms with Crippen LogP contribution in [0, 0.1) is 92.7 Å². The molecule has 2 amide bonds. The van der Waals surface area contributed by atoms with Crippen LogP contribution in [0.1, 0.15) is 189 Å². The van der Waals surface area contributed by atoms with E-state index in [4.69, 9.17) is 9.47 Å². The Morgan fingerprint density at radius 2 is 0.831 bits per heavy atom. The van der Waals surface area contributed by atoms with E-state index in [9.17, 15) is 29.4 Å². The second-order valence-corrected chi connectivity index (χ2v) is 25.5. The Kier molecular flexibility index (Phi) is 13.7. The molecule has 366 valence electrons. The van der Waals surface area contributed by atoms with Crippen LogP contribution in [0.2, 0.25) is 0 Å². The van der Waals surface area contributed by atoms with Gasteiger partial charge in [0.1, 0.15) is 13.2 Å². The van der Waals surface area contributed by atoms with E-state index in [0.717, 1.165) is 116 Å². The Labute approximate surface area is 391 Å². The van der Waals surface area contributed by atoms with Gasteiger partial charge in [-0.3, -0.25) is 19.2 Å². The van der Waals surface area contributed by atoms with E-state index in [1.165, 1.54) is 0 Å². The molecule has 4 aliphatic heterocycles. The third kappa shape index (κ3) is 8.76. The molecule has 0 aromatic carbocycles. The minimum absolute atomic E-state index is 0.0436. The van der Waals surface area contributed by atoms with Crippen LogP contribution in [0.25, 0.3) is 0 Å². The zero-order valence-electron chi connectivity index (χ0n) is 41.3. The van der Waals surface area contributed by atoms with Crippen LogP contribution in [0.5, 0.6) is 0 Å². The maximum atomic E-state index is 13.4. The molecule has 10 heteroatoms. The number of carbonyl (C=O) groups excluding carboxylic acids is 4. The van der Waals surface area contributed by atoms with Gasteiger partial charge in [-0.15, -0.1) is 0 Å². The first kappa shape index (κ1) is 47.8. The van der Waals surface area contributed by atoms with Crippen LogP contribution in [-0.2, 0) is 28.7 Å². The number of carbonyl (C=O) groups is 4. The Balaban J connectivity index is 0.857. The van der Waals surface area contributed by atoms with E-state index in [2.05, 4.69) is 52.2 Å². The molecule has 13 bridgehead atoms. The van der Waals surface area contributed by atoms with Crippen molar-refractivity contribution in [3.05, 3.63) is 0 Å². The van der Waals surface area contributed by atoms with Crippen LogP contribution in [0.3, 0.4) is 0 Å². The molecule has 0 aromatic rings. The van der Waals surface area contributed by atoms with Gasteiger partial charge in [0.2, 0.25) is 11.8 Å². The standard InChI is InChI=1S/C55H88N2O8/c1-32-10-16-48(62)64-26-27-65-49(63)17-11-33(2)39-13-15-41-51-43(21-25-55(39,41)6)53(4)23-19-37(29-35(53)31-45(51)59)57-47(61)9-7-8-46(60)56-36-18-22-52(3)34(28-36)30-44(58)50-40-14-12-38(32)54(40,5)24-20-42(50)52/h32-45,50-51,58-59H,7-31H2,1-6H3,(H,56,60)(H,57,61)/t32-,33-,34?,35?,36-,37-,38-,39-,40+,41+,42+,43+,44+,45+,50+,51+,52+,53+,54-,55-/m1/s1. The van der Waals surface area contributed by atoms with E-state index in [1.54, 1.807) is 0 Å². The summed E-state index contributed by atoms with van der Waals surface area (Å²) in [6, 6.07) is 0.232. The van der Waals surface area contributed by atoms with Gasteiger partial charge in [0.25, 0.3) is 0 Å². The first-order valence-corrected chi connectivity index (χ1v) is 27.2. The molecule has 10 nitrogen and oxygen atoms in total. The fraction of sp³-hybridized carbons (Fsp3) is 0.927. The first-order valence-electron chi connectivity index (χ1n) is 27.2. The summed E-state index contributed by atoms with van der Waals surface area (Å²) in [6.07, 6.45) is 19.6. The largest absolute Gasteiger partial charge is 0.462 e. The topological polar surface area (TPSA) is 151 Å². The summed E-state index contributed by atoms with van der Waals surface area (Å²) in [5, 5.41) is 30.7. The molecule has 8 saturated carbocycles. The number of amides is 2. The Morgan fingerprint density at radius 3 is 1.25 bits per heavy atom. The van der Waals surface area contributed by atoms with Crippen molar-refractivity contribution in [1.29, 1.82) is 0 Å². The van der Waals surface area contributed by atoms with Gasteiger partial charge in [0.15, 0.2) is 0 Å². The van der Waals surface area contributed by atoms with Gasteiger partial charge < -0.3 is 30.3 Å². The van der Waals surface area contributed by atoms with Crippen molar-refractivity contribution >= 4 is 23.8 Å². The Morgan fingerprint density at radius 1 is 0.462 bits per heavy atom. The predicted octanol–water partition coefficient (Wildman–Crippen LogP) is 9.32. The van der Waals surface area contributed by atoms with E-state index in [1.807, 2.05) is 0 Å². The van der Waals surface area contributed by atoms with Crippen molar-refractivity contribution in [3.8, 4) is 0 Å². The van der Waals surface area contributed by atoms with Gasteiger partial charge in [-0.2, -0.15) is 0 Å². The number of esters is 2. The van der Waals surface area contributed by atoms with Crippen LogP contribution in [-0.4, -0.2) is 71.5 Å². The smallest absolute Gasteiger partial charge is 0.305 e. The van der Waals surface area contributed by atoms with Gasteiger partial charge in [-0.1, -0.05) is 41.5 Å². The third-order valence-electron chi connectivity index (χ3n) is 22.6. The van der Waals surface area contributed by atoms with E-state index < -0.39 is 0 Å². The number of rotatable bonds is 0. The molecule has 20 atom stereocenters. The Hall–Kier alpha value is -2.20. The highest BCUT2D eigenvalue weighted by Crippen LogP contribution is 2.70. The summed E-state index contributed by atoms with van der Waals surface area (Å²) >= 11 is 0. The fourth-order valence-electron chi connectivity index (χ4n) is 19.2. The lowest BCUT2D eigenvalue weighted by molar-refractivity contribution is -0.167. The molecule has 4 N–H and O–H groups in total. The number of aliphatic hydroxyl groups excluding tert-OH is 2. The molecule has 0 spiro atoms. The van der Waals surface area contributed by atoms with Crippen molar-refractivity contribution in [1.82, 2.24) is 10.6 Å². The van der Waals surface area contributed by atoms with Crippen LogP contribution >= 0.6 is 0 Å². The lowest BCUT2D eigenvalue weighted by atomic mass is 9.43. The highest BCUT2D eigenvalue weighted by Gasteiger charge is 2.65. The van der Waals surface area contributed by atoms with Crippen LogP contribution < -0.4 is 10.6 Å². The fourth-order valence-corrected chi connectivity index (χ4v) is 19.2. The highest BCUT2D eigenvalue weighted by molar-refractivity contribution is 5.79. The molecule has 4 saturated heterocycles. The minimum Gasteiger partial charge on any atom is -0.462 e. The van der Waals surface area contributed by atoms with Crippen molar-refractivity contribution in [3.63, 3.8) is 0 Å². The van der Waals surface area contributed by atoms with Crippen LogP contribution in [0.15, 0.2) is 0 Å². The monoisotopic (exact) mass is 905 g/mol. The molecule has 2 unspecified atom stereocenters. The lowest BCUT2D eigenvalue weighted by Gasteiger charge is -2.62. The summed E-state index contributed by atoms with van der Waals surface area (Å²) in [4.78, 5) is 52.7. The molecule has 65 heavy (non-hydrogen) atoms. The first-order chi connectivity index (χ1) is 30.9. The number of nitrogens with one attached hydrogen (secondary N) is 2. The molecule has 0 radical (unpaired) electrons. The molecular weight excluding hydrogens is 817 g/mol.